The molecule has 0 radical (unpaired) electrons. The summed E-state index contributed by atoms with van der Waals surface area (Å²) < 4.78 is 0. The molecule has 0 bridgehead atoms. The molecule has 1 heteroatoms. The predicted molar refractivity (Wildman–Crippen MR) is 107 cm³/mol. The Labute approximate surface area is 144 Å². The van der Waals surface area contributed by atoms with Crippen LogP contribution in [0.2, 0.25) is 0 Å². The normalized spacial score (nSPS) is 9.91. The second-order valence-electron chi connectivity index (χ2n) is 5.01. The van der Waals surface area contributed by atoms with E-state index in [-0.39, 0.29) is 0 Å². The summed E-state index contributed by atoms with van der Waals surface area (Å²) in [4.78, 5) is 0. The van der Waals surface area contributed by atoms with Gasteiger partial charge in [0.1, 0.15) is 0 Å². The van der Waals surface area contributed by atoms with Gasteiger partial charge in [-0.15, -0.1) is 0 Å². The summed E-state index contributed by atoms with van der Waals surface area (Å²) in [5.74, 6) is 0. The average molecular weight is 316 g/mol. The molecular weight excluding hydrogens is 278 g/mol. The number of nitrogens with two attached hydrogens (primary N) is 1. The lowest BCUT2D eigenvalue weighted by Gasteiger charge is -2.07. The zero-order valence-corrected chi connectivity index (χ0v) is 16.3. The van der Waals surface area contributed by atoms with Crippen molar-refractivity contribution in [3.8, 4) is 0 Å². The minimum Gasteiger partial charge on any atom is -0.327 e. The van der Waals surface area contributed by atoms with E-state index in [1.54, 1.807) is 0 Å². The van der Waals surface area contributed by atoms with Crippen LogP contribution in [-0.2, 0) is 6.42 Å². The van der Waals surface area contributed by atoms with Crippen LogP contribution in [0.15, 0.2) is 54.6 Å². The summed E-state index contributed by atoms with van der Waals surface area (Å²) in [6.45, 7) is 14.3. The molecule has 130 valence electrons. The topological polar surface area (TPSA) is 26.0 Å². The predicted octanol–water partition coefficient (Wildman–Crippen LogP) is 6.32. The largest absolute Gasteiger partial charge is 0.327 e. The SMILES string of the molecule is CC.CC.CCC(N)Cc1ccccc1.Cc1ccc(C)cc1. The molecule has 0 aliphatic heterocycles. The van der Waals surface area contributed by atoms with Crippen molar-refractivity contribution in [1.82, 2.24) is 0 Å². The minimum atomic E-state index is 0.317. The van der Waals surface area contributed by atoms with Crippen molar-refractivity contribution in [2.75, 3.05) is 0 Å². The molecule has 2 aromatic carbocycles. The van der Waals surface area contributed by atoms with Crippen LogP contribution in [0.3, 0.4) is 0 Å². The summed E-state index contributed by atoms with van der Waals surface area (Å²) in [5, 5.41) is 0. The summed E-state index contributed by atoms with van der Waals surface area (Å²) in [6, 6.07) is 19.2. The minimum absolute atomic E-state index is 0.317. The van der Waals surface area contributed by atoms with Crippen molar-refractivity contribution in [3.05, 3.63) is 71.3 Å². The van der Waals surface area contributed by atoms with E-state index in [0.717, 1.165) is 12.8 Å². The maximum atomic E-state index is 5.80. The second kappa shape index (κ2) is 16.8. The van der Waals surface area contributed by atoms with Crippen LogP contribution in [0, 0.1) is 13.8 Å². The Hall–Kier alpha value is -1.60. The molecule has 0 saturated heterocycles. The molecule has 1 unspecified atom stereocenters. The van der Waals surface area contributed by atoms with E-state index < -0.39 is 0 Å². The van der Waals surface area contributed by atoms with Gasteiger partial charge >= 0.3 is 0 Å². The molecule has 0 saturated carbocycles. The standard InChI is InChI=1S/C10H15N.C8H10.2C2H6/c1-2-10(11)8-9-6-4-3-5-7-9;1-7-3-5-8(2)6-4-7;2*1-2/h3-7,10H,2,8,11H2,1H3;3-6H,1-2H3;2*1-2H3. The number of hydrogen-bond donors (Lipinski definition) is 1. The molecule has 1 nitrogen and oxygen atoms in total. The van der Waals surface area contributed by atoms with E-state index in [4.69, 9.17) is 5.73 Å². The quantitative estimate of drug-likeness (QED) is 0.704. The van der Waals surface area contributed by atoms with Crippen LogP contribution in [0.4, 0.5) is 0 Å². The van der Waals surface area contributed by atoms with Crippen molar-refractivity contribution in [1.29, 1.82) is 0 Å². The third-order valence-electron chi connectivity index (χ3n) is 3.08. The molecule has 0 fully saturated rings. The molecule has 0 aliphatic rings. The van der Waals surface area contributed by atoms with Crippen LogP contribution in [0.5, 0.6) is 0 Å². The van der Waals surface area contributed by atoms with E-state index >= 15 is 0 Å². The number of hydrogen-bond acceptors (Lipinski definition) is 1. The Balaban J connectivity index is 0. The van der Waals surface area contributed by atoms with Gasteiger partial charge < -0.3 is 5.73 Å². The van der Waals surface area contributed by atoms with Gasteiger partial charge in [-0.2, -0.15) is 0 Å². The second-order valence-corrected chi connectivity index (χ2v) is 5.01. The zero-order valence-electron chi connectivity index (χ0n) is 16.3. The summed E-state index contributed by atoms with van der Waals surface area (Å²) in [7, 11) is 0. The fourth-order valence-electron chi connectivity index (χ4n) is 1.70. The first kappa shape index (κ1) is 23.7. The Bertz CT molecular complexity index is 424. The highest BCUT2D eigenvalue weighted by atomic mass is 14.6. The third kappa shape index (κ3) is 13.8. The van der Waals surface area contributed by atoms with Crippen LogP contribution < -0.4 is 5.73 Å². The molecule has 1 atom stereocenters. The lowest BCUT2D eigenvalue weighted by Crippen LogP contribution is -2.21. The highest BCUT2D eigenvalue weighted by Gasteiger charge is 1.98. The zero-order chi connectivity index (χ0) is 18.1. The van der Waals surface area contributed by atoms with Gasteiger partial charge in [0, 0.05) is 6.04 Å². The highest BCUT2D eigenvalue weighted by Crippen LogP contribution is 2.03. The summed E-state index contributed by atoms with van der Waals surface area (Å²) >= 11 is 0. The molecule has 0 amide bonds. The first-order valence-corrected chi connectivity index (χ1v) is 8.94. The maximum Gasteiger partial charge on any atom is 0.00766 e. The smallest absolute Gasteiger partial charge is 0.00766 e. The lowest BCUT2D eigenvalue weighted by molar-refractivity contribution is 0.646. The van der Waals surface area contributed by atoms with Crippen molar-refractivity contribution < 1.29 is 0 Å². The molecule has 0 heterocycles. The number of rotatable bonds is 3. The van der Waals surface area contributed by atoms with Gasteiger partial charge in [-0.1, -0.05) is 100 Å². The van der Waals surface area contributed by atoms with Gasteiger partial charge in [-0.25, -0.2) is 0 Å². The Morgan fingerprint density at radius 3 is 1.48 bits per heavy atom. The van der Waals surface area contributed by atoms with Gasteiger partial charge in [0.25, 0.3) is 0 Å². The first-order valence-electron chi connectivity index (χ1n) is 8.94. The Morgan fingerprint density at radius 1 is 0.739 bits per heavy atom. The van der Waals surface area contributed by atoms with Crippen LogP contribution in [-0.4, -0.2) is 6.04 Å². The van der Waals surface area contributed by atoms with Crippen LogP contribution in [0.1, 0.15) is 57.7 Å². The van der Waals surface area contributed by atoms with E-state index in [2.05, 4.69) is 69.3 Å². The van der Waals surface area contributed by atoms with Gasteiger partial charge in [0.2, 0.25) is 0 Å². The van der Waals surface area contributed by atoms with Gasteiger partial charge in [0.05, 0.1) is 0 Å². The molecule has 23 heavy (non-hydrogen) atoms. The molecule has 0 spiro atoms. The van der Waals surface area contributed by atoms with E-state index in [0.29, 0.717) is 6.04 Å². The van der Waals surface area contributed by atoms with Crippen molar-refractivity contribution in [3.63, 3.8) is 0 Å². The van der Waals surface area contributed by atoms with Gasteiger partial charge in [-0.3, -0.25) is 0 Å². The molecule has 2 N–H and O–H groups in total. The fraction of sp³-hybridized carbons (Fsp3) is 0.455. The Morgan fingerprint density at radius 2 is 1.13 bits per heavy atom. The highest BCUT2D eigenvalue weighted by molar-refractivity contribution is 5.19. The van der Waals surface area contributed by atoms with Crippen molar-refractivity contribution in [2.24, 2.45) is 5.73 Å². The molecule has 2 rings (SSSR count). The number of benzene rings is 2. The monoisotopic (exact) mass is 315 g/mol. The molecule has 0 aliphatic carbocycles. The molecule has 0 aromatic heterocycles. The lowest BCUT2D eigenvalue weighted by atomic mass is 10.1. The fourth-order valence-corrected chi connectivity index (χ4v) is 1.70. The maximum absolute atomic E-state index is 5.80. The van der Waals surface area contributed by atoms with Crippen LogP contribution in [0.25, 0.3) is 0 Å². The summed E-state index contributed by atoms with van der Waals surface area (Å²) in [5.41, 5.74) is 9.80. The van der Waals surface area contributed by atoms with E-state index in [1.807, 2.05) is 33.8 Å². The van der Waals surface area contributed by atoms with Crippen molar-refractivity contribution in [2.45, 2.75) is 67.3 Å². The third-order valence-corrected chi connectivity index (χ3v) is 3.08. The van der Waals surface area contributed by atoms with E-state index in [1.165, 1.54) is 16.7 Å². The van der Waals surface area contributed by atoms with Gasteiger partial charge in [-0.05, 0) is 32.3 Å². The Kier molecular flexibility index (Phi) is 17.2. The molecular formula is C22H37N. The van der Waals surface area contributed by atoms with Crippen molar-refractivity contribution >= 4 is 0 Å². The average Bonchev–Trinajstić information content (AvgIpc) is 2.62. The van der Waals surface area contributed by atoms with Crippen LogP contribution >= 0.6 is 0 Å². The first-order chi connectivity index (χ1) is 11.1. The van der Waals surface area contributed by atoms with Gasteiger partial charge in [0.15, 0.2) is 0 Å². The summed E-state index contributed by atoms with van der Waals surface area (Å²) in [6.07, 6.45) is 2.05. The van der Waals surface area contributed by atoms with E-state index in [9.17, 15) is 0 Å². The molecule has 2 aromatic rings. The number of aryl methyl sites for hydroxylation is 2.